The Kier molecular flexibility index (Phi) is 3.16. The molecule has 2 aromatic rings. The maximum Gasteiger partial charge on any atom is 0.225 e. The van der Waals surface area contributed by atoms with Crippen molar-refractivity contribution in [1.29, 1.82) is 0 Å². The molecule has 0 saturated heterocycles. The predicted octanol–water partition coefficient (Wildman–Crippen LogP) is 3.62. The van der Waals surface area contributed by atoms with Gasteiger partial charge in [-0.1, -0.05) is 6.07 Å². The van der Waals surface area contributed by atoms with E-state index in [4.69, 9.17) is 0 Å². The summed E-state index contributed by atoms with van der Waals surface area (Å²) in [5, 5.41) is 12.6. The van der Waals surface area contributed by atoms with Crippen LogP contribution in [0.15, 0.2) is 30.3 Å². The number of fused-ring (bicyclic) bond motifs is 1. The van der Waals surface area contributed by atoms with Crippen LogP contribution < -0.4 is 5.32 Å². The van der Waals surface area contributed by atoms with Crippen LogP contribution in [0.2, 0.25) is 0 Å². The number of phenolic OH excluding ortho intramolecular Hbond substituents is 1. The summed E-state index contributed by atoms with van der Waals surface area (Å²) in [6.07, 6.45) is 0.279. The van der Waals surface area contributed by atoms with Gasteiger partial charge in [0.05, 0.1) is 0 Å². The molecule has 3 rings (SSSR count). The minimum atomic E-state index is -0.307. The number of aromatic hydroxyl groups is 1. The van der Waals surface area contributed by atoms with Crippen molar-refractivity contribution in [3.05, 3.63) is 58.4 Å². The van der Waals surface area contributed by atoms with E-state index in [-0.39, 0.29) is 29.8 Å². The quantitative estimate of drug-likeness (QED) is 0.840. The van der Waals surface area contributed by atoms with E-state index in [1.54, 1.807) is 12.1 Å². The van der Waals surface area contributed by atoms with Crippen molar-refractivity contribution >= 4 is 11.6 Å². The molecule has 0 aromatic heterocycles. The summed E-state index contributed by atoms with van der Waals surface area (Å²) >= 11 is 0. The Morgan fingerprint density at radius 3 is 2.67 bits per heavy atom. The lowest BCUT2D eigenvalue weighted by molar-refractivity contribution is -0.116. The molecule has 21 heavy (non-hydrogen) atoms. The third-order valence-corrected chi connectivity index (χ3v) is 4.02. The van der Waals surface area contributed by atoms with E-state index in [2.05, 4.69) is 5.32 Å². The number of halogens is 1. The molecule has 1 heterocycles. The van der Waals surface area contributed by atoms with E-state index in [1.807, 2.05) is 19.9 Å². The normalized spacial score (nSPS) is 17.3. The lowest BCUT2D eigenvalue weighted by atomic mass is 9.82. The molecule has 1 aliphatic rings. The number of carbonyl (C=O) groups excluding carboxylic acids is 1. The molecule has 1 amide bonds. The number of rotatable bonds is 1. The van der Waals surface area contributed by atoms with Gasteiger partial charge < -0.3 is 10.4 Å². The molecule has 0 aliphatic carbocycles. The van der Waals surface area contributed by atoms with E-state index >= 15 is 0 Å². The van der Waals surface area contributed by atoms with Gasteiger partial charge in [0.15, 0.2) is 0 Å². The molecular formula is C17H16FNO2. The van der Waals surface area contributed by atoms with Gasteiger partial charge in [-0.3, -0.25) is 4.79 Å². The van der Waals surface area contributed by atoms with Crippen molar-refractivity contribution < 1.29 is 14.3 Å². The first-order chi connectivity index (χ1) is 9.95. The zero-order valence-electron chi connectivity index (χ0n) is 11.9. The van der Waals surface area contributed by atoms with Crippen molar-refractivity contribution in [2.75, 3.05) is 5.32 Å². The third-order valence-electron chi connectivity index (χ3n) is 4.02. The van der Waals surface area contributed by atoms with E-state index in [0.717, 1.165) is 22.3 Å². The smallest absolute Gasteiger partial charge is 0.225 e. The maximum absolute atomic E-state index is 13.6. The van der Waals surface area contributed by atoms with Crippen molar-refractivity contribution in [3.8, 4) is 5.75 Å². The van der Waals surface area contributed by atoms with Gasteiger partial charge in [0.25, 0.3) is 0 Å². The van der Waals surface area contributed by atoms with Crippen LogP contribution in [0.5, 0.6) is 5.75 Å². The number of benzene rings is 2. The Hall–Kier alpha value is -2.36. The van der Waals surface area contributed by atoms with E-state index < -0.39 is 0 Å². The number of anilines is 1. The van der Waals surface area contributed by atoms with Gasteiger partial charge in [-0.25, -0.2) is 4.39 Å². The summed E-state index contributed by atoms with van der Waals surface area (Å²) in [5.41, 5.74) is 4.02. The van der Waals surface area contributed by atoms with Crippen LogP contribution in [0, 0.1) is 19.7 Å². The molecule has 0 saturated carbocycles. The average molecular weight is 285 g/mol. The molecule has 108 valence electrons. The fourth-order valence-corrected chi connectivity index (χ4v) is 2.88. The second-order valence-electron chi connectivity index (χ2n) is 5.53. The Balaban J connectivity index is 2.19. The number of nitrogens with one attached hydrogen (secondary N) is 1. The molecule has 0 spiro atoms. The van der Waals surface area contributed by atoms with Gasteiger partial charge in [0, 0.05) is 24.1 Å². The number of phenols is 1. The minimum absolute atomic E-state index is 0.126. The second-order valence-corrected chi connectivity index (χ2v) is 5.53. The zero-order chi connectivity index (χ0) is 15.1. The highest BCUT2D eigenvalue weighted by Gasteiger charge is 2.28. The Morgan fingerprint density at radius 1 is 1.14 bits per heavy atom. The van der Waals surface area contributed by atoms with Crippen LogP contribution in [0.3, 0.4) is 0 Å². The van der Waals surface area contributed by atoms with Crippen LogP contribution in [-0.2, 0) is 4.79 Å². The van der Waals surface area contributed by atoms with Gasteiger partial charge in [-0.05, 0) is 54.3 Å². The Morgan fingerprint density at radius 2 is 1.90 bits per heavy atom. The molecule has 1 atom stereocenters. The molecule has 4 heteroatoms. The van der Waals surface area contributed by atoms with E-state index in [1.165, 1.54) is 12.1 Å². The van der Waals surface area contributed by atoms with Crippen molar-refractivity contribution in [2.45, 2.75) is 26.2 Å². The average Bonchev–Trinajstić information content (AvgIpc) is 2.43. The first-order valence-electron chi connectivity index (χ1n) is 6.85. The highest BCUT2D eigenvalue weighted by molar-refractivity contribution is 5.95. The van der Waals surface area contributed by atoms with E-state index in [0.29, 0.717) is 5.69 Å². The highest BCUT2D eigenvalue weighted by atomic mass is 19.1. The van der Waals surface area contributed by atoms with Crippen LogP contribution in [0.1, 0.15) is 34.6 Å². The summed E-state index contributed by atoms with van der Waals surface area (Å²) in [6.45, 7) is 3.72. The highest BCUT2D eigenvalue weighted by Crippen LogP contribution is 2.41. The molecule has 2 aromatic carbocycles. The Labute approximate surface area is 122 Å². The van der Waals surface area contributed by atoms with Crippen LogP contribution in [-0.4, -0.2) is 11.0 Å². The number of hydrogen-bond donors (Lipinski definition) is 2. The molecular weight excluding hydrogens is 269 g/mol. The van der Waals surface area contributed by atoms with Gasteiger partial charge in [0.1, 0.15) is 11.6 Å². The number of aryl methyl sites for hydroxylation is 2. The van der Waals surface area contributed by atoms with Crippen LogP contribution >= 0.6 is 0 Å². The summed E-state index contributed by atoms with van der Waals surface area (Å²) in [4.78, 5) is 11.9. The fraction of sp³-hybridized carbons (Fsp3) is 0.235. The number of amides is 1. The SMILES string of the molecule is Cc1cc2c(cc1O)NC(=O)CC2c1cc(F)ccc1C. The molecule has 1 aliphatic heterocycles. The first kappa shape index (κ1) is 13.6. The summed E-state index contributed by atoms with van der Waals surface area (Å²) in [6, 6.07) is 8.06. The lowest BCUT2D eigenvalue weighted by Gasteiger charge is -2.28. The predicted molar refractivity (Wildman–Crippen MR) is 79.1 cm³/mol. The molecule has 0 radical (unpaired) electrons. The molecule has 3 nitrogen and oxygen atoms in total. The number of carbonyl (C=O) groups is 1. The fourth-order valence-electron chi connectivity index (χ4n) is 2.88. The van der Waals surface area contributed by atoms with Crippen LogP contribution in [0.25, 0.3) is 0 Å². The largest absolute Gasteiger partial charge is 0.508 e. The molecule has 0 bridgehead atoms. The Bertz CT molecular complexity index is 740. The van der Waals surface area contributed by atoms with Gasteiger partial charge >= 0.3 is 0 Å². The number of hydrogen-bond acceptors (Lipinski definition) is 2. The van der Waals surface area contributed by atoms with Crippen LogP contribution in [0.4, 0.5) is 10.1 Å². The molecule has 1 unspecified atom stereocenters. The molecule has 0 fully saturated rings. The van der Waals surface area contributed by atoms with Crippen molar-refractivity contribution in [2.24, 2.45) is 0 Å². The van der Waals surface area contributed by atoms with Crippen molar-refractivity contribution in [3.63, 3.8) is 0 Å². The summed E-state index contributed by atoms with van der Waals surface area (Å²) in [5.74, 6) is -0.479. The van der Waals surface area contributed by atoms with Gasteiger partial charge in [-0.2, -0.15) is 0 Å². The van der Waals surface area contributed by atoms with Crippen molar-refractivity contribution in [1.82, 2.24) is 0 Å². The summed E-state index contributed by atoms with van der Waals surface area (Å²) < 4.78 is 13.6. The zero-order valence-corrected chi connectivity index (χ0v) is 11.9. The lowest BCUT2D eigenvalue weighted by Crippen LogP contribution is -2.24. The summed E-state index contributed by atoms with van der Waals surface area (Å²) in [7, 11) is 0. The first-order valence-corrected chi connectivity index (χ1v) is 6.85. The molecule has 2 N–H and O–H groups in total. The standard InChI is InChI=1S/C17H16FNO2/c1-9-3-4-11(18)6-12(9)13-7-17(21)19-15-8-16(20)10(2)5-14(13)15/h3-6,8,13,20H,7H2,1-2H3,(H,19,21). The van der Waals surface area contributed by atoms with Gasteiger partial charge in [0.2, 0.25) is 5.91 Å². The minimum Gasteiger partial charge on any atom is -0.508 e. The second kappa shape index (κ2) is 4.88. The topological polar surface area (TPSA) is 49.3 Å². The van der Waals surface area contributed by atoms with E-state index in [9.17, 15) is 14.3 Å². The maximum atomic E-state index is 13.6. The monoisotopic (exact) mass is 285 g/mol. The third kappa shape index (κ3) is 2.37. The van der Waals surface area contributed by atoms with Gasteiger partial charge in [-0.15, -0.1) is 0 Å².